The molecule has 7 heteroatoms. The van der Waals surface area contributed by atoms with Crippen LogP contribution in [0, 0.1) is 0 Å². The number of amides is 1. The third kappa shape index (κ3) is 3.97. The molecule has 0 saturated heterocycles. The number of nitrogens with zero attached hydrogens (tertiary/aromatic N) is 2. The summed E-state index contributed by atoms with van der Waals surface area (Å²) in [5.74, 6) is 0.513. The van der Waals surface area contributed by atoms with E-state index in [2.05, 4.69) is 17.6 Å². The minimum atomic E-state index is -0.743. The average molecular weight is 348 g/mol. The highest BCUT2D eigenvalue weighted by Gasteiger charge is 2.26. The van der Waals surface area contributed by atoms with Crippen molar-refractivity contribution < 1.29 is 19.1 Å². The summed E-state index contributed by atoms with van der Waals surface area (Å²) in [6.45, 7) is 0.385. The molecule has 128 valence electrons. The molecule has 0 aromatic heterocycles. The normalized spacial score (nSPS) is 16.8. The highest BCUT2D eigenvalue weighted by molar-refractivity contribution is 7.80. The minimum absolute atomic E-state index is 0.205. The van der Waals surface area contributed by atoms with Crippen molar-refractivity contribution in [3.63, 3.8) is 0 Å². The molecular formula is C17H20N2O4S. The van der Waals surface area contributed by atoms with Crippen LogP contribution in [0.2, 0.25) is 0 Å². The zero-order valence-corrected chi connectivity index (χ0v) is 14.5. The number of aliphatic imine (C=N–C) groups is 1. The lowest BCUT2D eigenvalue weighted by Crippen LogP contribution is -2.40. The molecular weight excluding hydrogens is 328 g/mol. The van der Waals surface area contributed by atoms with E-state index >= 15 is 0 Å². The van der Waals surface area contributed by atoms with Crippen LogP contribution in [-0.4, -0.2) is 55.2 Å². The maximum absolute atomic E-state index is 12.9. The van der Waals surface area contributed by atoms with Crippen molar-refractivity contribution in [2.24, 2.45) is 4.99 Å². The Bertz CT molecular complexity index is 672. The van der Waals surface area contributed by atoms with Gasteiger partial charge in [-0.3, -0.25) is 14.7 Å². The zero-order valence-electron chi connectivity index (χ0n) is 13.6. The zero-order chi connectivity index (χ0) is 17.5. The van der Waals surface area contributed by atoms with E-state index in [0.29, 0.717) is 30.1 Å². The Hall–Kier alpha value is -2.28. The number of carbonyl (C=O) groups is 2. The van der Waals surface area contributed by atoms with E-state index in [9.17, 15) is 9.59 Å². The van der Waals surface area contributed by atoms with Crippen molar-refractivity contribution >= 4 is 30.3 Å². The van der Waals surface area contributed by atoms with Crippen LogP contribution in [-0.2, 0) is 9.53 Å². The topological polar surface area (TPSA) is 68.2 Å². The van der Waals surface area contributed by atoms with E-state index in [1.807, 2.05) is 12.2 Å². The summed E-state index contributed by atoms with van der Waals surface area (Å²) in [5, 5.41) is 0. The SMILES string of the molecule is COC(=O)[C@@H](CS)N=C1CC=CCN1C(=O)c1ccccc1OC. The van der Waals surface area contributed by atoms with Gasteiger partial charge in [0.2, 0.25) is 0 Å². The summed E-state index contributed by atoms with van der Waals surface area (Å²) < 4.78 is 9.98. The van der Waals surface area contributed by atoms with Gasteiger partial charge in [-0.2, -0.15) is 12.6 Å². The number of methoxy groups -OCH3 is 2. The molecule has 0 radical (unpaired) electrons. The number of benzene rings is 1. The fourth-order valence-corrected chi connectivity index (χ4v) is 2.59. The Kier molecular flexibility index (Phi) is 6.43. The molecule has 1 aromatic rings. The summed E-state index contributed by atoms with van der Waals surface area (Å²) >= 11 is 4.14. The van der Waals surface area contributed by atoms with Gasteiger partial charge in [-0.15, -0.1) is 0 Å². The quantitative estimate of drug-likeness (QED) is 0.502. The second-order valence-electron chi connectivity index (χ2n) is 5.06. The highest BCUT2D eigenvalue weighted by Crippen LogP contribution is 2.21. The lowest BCUT2D eigenvalue weighted by atomic mass is 10.1. The van der Waals surface area contributed by atoms with Gasteiger partial charge in [-0.25, -0.2) is 4.79 Å². The van der Waals surface area contributed by atoms with Gasteiger partial charge in [0, 0.05) is 18.7 Å². The van der Waals surface area contributed by atoms with Gasteiger partial charge in [0.1, 0.15) is 11.6 Å². The van der Waals surface area contributed by atoms with Crippen LogP contribution in [0.1, 0.15) is 16.8 Å². The summed E-state index contributed by atoms with van der Waals surface area (Å²) in [6, 6.07) is 6.27. The first-order valence-electron chi connectivity index (χ1n) is 7.47. The van der Waals surface area contributed by atoms with Crippen LogP contribution in [0.3, 0.4) is 0 Å². The van der Waals surface area contributed by atoms with Gasteiger partial charge >= 0.3 is 5.97 Å². The molecule has 1 heterocycles. The first kappa shape index (κ1) is 18.1. The van der Waals surface area contributed by atoms with Crippen LogP contribution in [0.15, 0.2) is 41.4 Å². The molecule has 1 aliphatic heterocycles. The molecule has 24 heavy (non-hydrogen) atoms. The Morgan fingerprint density at radius 1 is 1.29 bits per heavy atom. The number of ether oxygens (including phenoxy) is 2. The smallest absolute Gasteiger partial charge is 0.331 e. The van der Waals surface area contributed by atoms with Gasteiger partial charge in [0.25, 0.3) is 5.91 Å². The maximum atomic E-state index is 12.9. The van der Waals surface area contributed by atoms with Gasteiger partial charge in [0.05, 0.1) is 19.8 Å². The Morgan fingerprint density at radius 3 is 2.71 bits per heavy atom. The summed E-state index contributed by atoms with van der Waals surface area (Å²) in [6.07, 6.45) is 4.26. The molecule has 1 aromatic carbocycles. The Morgan fingerprint density at radius 2 is 2.04 bits per heavy atom. The van der Waals surface area contributed by atoms with Gasteiger partial charge in [-0.1, -0.05) is 24.3 Å². The molecule has 0 bridgehead atoms. The van der Waals surface area contributed by atoms with Crippen molar-refractivity contribution in [3.8, 4) is 5.75 Å². The summed E-state index contributed by atoms with van der Waals surface area (Å²) in [4.78, 5) is 30.6. The largest absolute Gasteiger partial charge is 0.496 e. The van der Waals surface area contributed by atoms with Crippen LogP contribution in [0.25, 0.3) is 0 Å². The number of hydrogen-bond donors (Lipinski definition) is 1. The van der Waals surface area contributed by atoms with E-state index in [-0.39, 0.29) is 11.7 Å². The molecule has 0 spiro atoms. The standard InChI is InChI=1S/C17H20N2O4S/c1-22-14-8-4-3-7-12(14)16(20)19-10-6-5-9-15(19)18-13(11-24)17(21)23-2/h3-8,13,24H,9-11H2,1-2H3/t13-/m1/s1. The number of thiol groups is 1. The highest BCUT2D eigenvalue weighted by atomic mass is 32.1. The molecule has 0 saturated carbocycles. The predicted molar refractivity (Wildman–Crippen MR) is 94.9 cm³/mol. The first-order chi connectivity index (χ1) is 11.6. The first-order valence-corrected chi connectivity index (χ1v) is 8.10. The Labute approximate surface area is 146 Å². The molecule has 0 aliphatic carbocycles. The summed E-state index contributed by atoms with van der Waals surface area (Å²) in [7, 11) is 2.82. The molecule has 1 amide bonds. The van der Waals surface area contributed by atoms with E-state index < -0.39 is 12.0 Å². The van der Waals surface area contributed by atoms with Gasteiger partial charge < -0.3 is 9.47 Å². The van der Waals surface area contributed by atoms with Crippen molar-refractivity contribution in [3.05, 3.63) is 42.0 Å². The molecule has 0 N–H and O–H groups in total. The number of rotatable bonds is 5. The maximum Gasteiger partial charge on any atom is 0.331 e. The lowest BCUT2D eigenvalue weighted by molar-refractivity contribution is -0.141. The number of hydrogen-bond acceptors (Lipinski definition) is 6. The Balaban J connectivity index is 2.34. The van der Waals surface area contributed by atoms with Crippen molar-refractivity contribution in [2.75, 3.05) is 26.5 Å². The molecule has 1 atom stereocenters. The van der Waals surface area contributed by atoms with E-state index in [1.54, 1.807) is 24.3 Å². The van der Waals surface area contributed by atoms with Crippen LogP contribution < -0.4 is 4.74 Å². The molecule has 2 rings (SSSR count). The van der Waals surface area contributed by atoms with Crippen LogP contribution in [0.4, 0.5) is 0 Å². The predicted octanol–water partition coefficient (Wildman–Crippen LogP) is 1.97. The number of para-hydroxylation sites is 1. The van der Waals surface area contributed by atoms with Gasteiger partial charge in [0.15, 0.2) is 6.04 Å². The average Bonchev–Trinajstić information content (AvgIpc) is 2.65. The van der Waals surface area contributed by atoms with Crippen molar-refractivity contribution in [1.82, 2.24) is 4.90 Å². The van der Waals surface area contributed by atoms with E-state index in [1.165, 1.54) is 19.1 Å². The minimum Gasteiger partial charge on any atom is -0.496 e. The number of amidine groups is 1. The molecule has 6 nitrogen and oxygen atoms in total. The lowest BCUT2D eigenvalue weighted by Gasteiger charge is -2.27. The van der Waals surface area contributed by atoms with Crippen molar-refractivity contribution in [2.45, 2.75) is 12.5 Å². The molecule has 0 unspecified atom stereocenters. The number of esters is 1. The molecule has 0 fully saturated rings. The van der Waals surface area contributed by atoms with E-state index in [0.717, 1.165) is 0 Å². The fraction of sp³-hybridized carbons (Fsp3) is 0.353. The number of carbonyl (C=O) groups excluding carboxylic acids is 2. The summed E-state index contributed by atoms with van der Waals surface area (Å²) in [5.41, 5.74) is 0.448. The van der Waals surface area contributed by atoms with Crippen molar-refractivity contribution in [1.29, 1.82) is 0 Å². The third-order valence-corrected chi connectivity index (χ3v) is 3.95. The van der Waals surface area contributed by atoms with Crippen LogP contribution >= 0.6 is 12.6 Å². The molecule has 1 aliphatic rings. The van der Waals surface area contributed by atoms with E-state index in [4.69, 9.17) is 9.47 Å². The second-order valence-corrected chi connectivity index (χ2v) is 5.42. The third-order valence-electron chi connectivity index (χ3n) is 3.60. The van der Waals surface area contributed by atoms with Gasteiger partial charge in [-0.05, 0) is 12.1 Å². The second kappa shape index (κ2) is 8.54. The monoisotopic (exact) mass is 348 g/mol. The van der Waals surface area contributed by atoms with Crippen LogP contribution in [0.5, 0.6) is 5.75 Å². The fourth-order valence-electron chi connectivity index (χ4n) is 2.36.